The van der Waals surface area contributed by atoms with Crippen molar-refractivity contribution >= 4 is 10.9 Å². The summed E-state index contributed by atoms with van der Waals surface area (Å²) in [6, 6.07) is 6.57. The zero-order chi connectivity index (χ0) is 14.9. The van der Waals surface area contributed by atoms with Crippen molar-refractivity contribution in [2.75, 3.05) is 26.3 Å². The summed E-state index contributed by atoms with van der Waals surface area (Å²) in [5.41, 5.74) is 4.67. The topological polar surface area (TPSA) is 45.3 Å². The molecular formula is C18H22N2O2. The summed E-state index contributed by atoms with van der Waals surface area (Å²) in [5, 5.41) is 1.24. The van der Waals surface area contributed by atoms with Crippen molar-refractivity contribution in [1.29, 1.82) is 0 Å². The van der Waals surface area contributed by atoms with Gasteiger partial charge in [0, 0.05) is 36.1 Å². The van der Waals surface area contributed by atoms with Gasteiger partial charge >= 0.3 is 0 Å². The van der Waals surface area contributed by atoms with Crippen LogP contribution in [0.25, 0.3) is 10.9 Å². The molecule has 4 rings (SSSR count). The molecule has 1 aliphatic heterocycles. The van der Waals surface area contributed by atoms with Crippen LogP contribution in [-0.2, 0) is 24.1 Å². The van der Waals surface area contributed by atoms with Crippen LogP contribution in [0.15, 0.2) is 23.0 Å². The van der Waals surface area contributed by atoms with Crippen molar-refractivity contribution in [3.05, 3.63) is 45.2 Å². The minimum absolute atomic E-state index is 0.116. The zero-order valence-electron chi connectivity index (χ0n) is 12.9. The molecule has 4 heteroatoms. The largest absolute Gasteiger partial charge is 0.379 e. The van der Waals surface area contributed by atoms with Crippen LogP contribution in [0.5, 0.6) is 0 Å². The maximum absolute atomic E-state index is 12.3. The van der Waals surface area contributed by atoms with Gasteiger partial charge in [-0.1, -0.05) is 12.1 Å². The molecule has 22 heavy (non-hydrogen) atoms. The van der Waals surface area contributed by atoms with Gasteiger partial charge in [-0.2, -0.15) is 0 Å². The molecule has 0 radical (unpaired) electrons. The second kappa shape index (κ2) is 5.86. The van der Waals surface area contributed by atoms with Crippen molar-refractivity contribution in [1.82, 2.24) is 9.88 Å². The summed E-state index contributed by atoms with van der Waals surface area (Å²) < 4.78 is 5.40. The normalized spacial score (nSPS) is 19.3. The minimum Gasteiger partial charge on any atom is -0.379 e. The average Bonchev–Trinajstić information content (AvgIpc) is 2.56. The van der Waals surface area contributed by atoms with E-state index in [0.717, 1.165) is 63.2 Å². The number of hydrogen-bond acceptors (Lipinski definition) is 3. The summed E-state index contributed by atoms with van der Waals surface area (Å²) in [6.45, 7) is 4.53. The number of fused-ring (bicyclic) bond motifs is 3. The van der Waals surface area contributed by atoms with Gasteiger partial charge in [0.05, 0.1) is 13.2 Å². The molecule has 2 aromatic rings. The van der Waals surface area contributed by atoms with Crippen molar-refractivity contribution in [2.24, 2.45) is 0 Å². The van der Waals surface area contributed by atoms with Crippen LogP contribution in [0, 0.1) is 0 Å². The predicted molar refractivity (Wildman–Crippen MR) is 87.3 cm³/mol. The molecule has 0 amide bonds. The third-order valence-corrected chi connectivity index (χ3v) is 4.91. The number of nitrogens with zero attached hydrogens (tertiary/aromatic N) is 1. The monoisotopic (exact) mass is 298 g/mol. The highest BCUT2D eigenvalue weighted by atomic mass is 16.5. The Morgan fingerprint density at radius 2 is 1.86 bits per heavy atom. The van der Waals surface area contributed by atoms with E-state index in [1.54, 1.807) is 0 Å². The number of nitrogens with one attached hydrogen (secondary N) is 1. The van der Waals surface area contributed by atoms with E-state index in [-0.39, 0.29) is 5.56 Å². The molecule has 1 saturated heterocycles. The molecule has 2 aliphatic rings. The predicted octanol–water partition coefficient (Wildman–Crippen LogP) is 2.24. The number of aromatic amines is 1. The fraction of sp³-hybridized carbons (Fsp3) is 0.500. The van der Waals surface area contributed by atoms with Gasteiger partial charge in [-0.3, -0.25) is 9.69 Å². The number of benzene rings is 1. The van der Waals surface area contributed by atoms with E-state index in [1.807, 2.05) is 0 Å². The first kappa shape index (κ1) is 14.0. The first-order valence-electron chi connectivity index (χ1n) is 8.28. The molecule has 4 nitrogen and oxygen atoms in total. The maximum atomic E-state index is 12.3. The van der Waals surface area contributed by atoms with Crippen LogP contribution in [-0.4, -0.2) is 36.2 Å². The Morgan fingerprint density at radius 1 is 1.09 bits per heavy atom. The first-order chi connectivity index (χ1) is 10.8. The van der Waals surface area contributed by atoms with Crippen LogP contribution >= 0.6 is 0 Å². The van der Waals surface area contributed by atoms with Crippen molar-refractivity contribution < 1.29 is 4.74 Å². The fourth-order valence-corrected chi connectivity index (χ4v) is 3.72. The Bertz CT molecular complexity index is 745. The summed E-state index contributed by atoms with van der Waals surface area (Å²) in [5.74, 6) is 0. The van der Waals surface area contributed by atoms with E-state index < -0.39 is 0 Å². The molecule has 1 N–H and O–H groups in total. The van der Waals surface area contributed by atoms with Gasteiger partial charge in [0.25, 0.3) is 5.56 Å². The highest BCUT2D eigenvalue weighted by molar-refractivity contribution is 5.83. The number of aryl methyl sites for hydroxylation is 1. The number of pyridine rings is 1. The van der Waals surface area contributed by atoms with Crippen molar-refractivity contribution in [3.8, 4) is 0 Å². The smallest absolute Gasteiger partial charge is 0.251 e. The molecule has 0 atom stereocenters. The van der Waals surface area contributed by atoms with Gasteiger partial charge < -0.3 is 9.72 Å². The lowest BCUT2D eigenvalue weighted by atomic mass is 9.89. The van der Waals surface area contributed by atoms with Crippen molar-refractivity contribution in [2.45, 2.75) is 32.2 Å². The molecule has 116 valence electrons. The standard InChI is InChI=1S/C18H22N2O2/c21-18-16-4-2-1-3-14(16)15-6-5-13(11-17(15)19-18)12-20-7-9-22-10-8-20/h5-6,11H,1-4,7-10,12H2,(H,19,21). The molecule has 0 saturated carbocycles. The molecule has 2 heterocycles. The van der Waals surface area contributed by atoms with Crippen LogP contribution in [0.2, 0.25) is 0 Å². The summed E-state index contributed by atoms with van der Waals surface area (Å²) in [6.07, 6.45) is 4.30. The minimum atomic E-state index is 0.116. The van der Waals surface area contributed by atoms with Crippen LogP contribution < -0.4 is 5.56 Å². The Labute approximate surface area is 130 Å². The van der Waals surface area contributed by atoms with Gasteiger partial charge in [-0.15, -0.1) is 0 Å². The average molecular weight is 298 g/mol. The van der Waals surface area contributed by atoms with Crippen LogP contribution in [0.3, 0.4) is 0 Å². The summed E-state index contributed by atoms with van der Waals surface area (Å²) in [7, 11) is 0. The molecule has 1 aromatic heterocycles. The number of rotatable bonds is 2. The third-order valence-electron chi connectivity index (χ3n) is 4.91. The lowest BCUT2D eigenvalue weighted by Crippen LogP contribution is -2.35. The maximum Gasteiger partial charge on any atom is 0.251 e. The third kappa shape index (κ3) is 2.57. The van der Waals surface area contributed by atoms with E-state index in [1.165, 1.54) is 22.9 Å². The van der Waals surface area contributed by atoms with Crippen LogP contribution in [0.1, 0.15) is 29.5 Å². The lowest BCUT2D eigenvalue weighted by molar-refractivity contribution is 0.0342. The highest BCUT2D eigenvalue weighted by Crippen LogP contribution is 2.26. The number of hydrogen-bond donors (Lipinski definition) is 1. The van der Waals surface area contributed by atoms with E-state index in [9.17, 15) is 4.79 Å². The van der Waals surface area contributed by atoms with Gasteiger partial charge in [0.1, 0.15) is 0 Å². The van der Waals surface area contributed by atoms with E-state index in [4.69, 9.17) is 4.74 Å². The second-order valence-electron chi connectivity index (χ2n) is 6.39. The molecule has 0 bridgehead atoms. The van der Waals surface area contributed by atoms with Gasteiger partial charge in [-0.25, -0.2) is 0 Å². The summed E-state index contributed by atoms with van der Waals surface area (Å²) in [4.78, 5) is 17.8. The molecule has 1 aromatic carbocycles. The number of morpholine rings is 1. The second-order valence-corrected chi connectivity index (χ2v) is 6.39. The van der Waals surface area contributed by atoms with Gasteiger partial charge in [0.2, 0.25) is 0 Å². The number of ether oxygens (including phenoxy) is 1. The Morgan fingerprint density at radius 3 is 2.68 bits per heavy atom. The first-order valence-corrected chi connectivity index (χ1v) is 8.28. The molecule has 1 aliphatic carbocycles. The highest BCUT2D eigenvalue weighted by Gasteiger charge is 2.17. The Hall–Kier alpha value is -1.65. The zero-order valence-corrected chi connectivity index (χ0v) is 12.9. The quantitative estimate of drug-likeness (QED) is 0.925. The van der Waals surface area contributed by atoms with Crippen LogP contribution in [0.4, 0.5) is 0 Å². The number of aromatic nitrogens is 1. The van der Waals surface area contributed by atoms with E-state index in [0.29, 0.717) is 0 Å². The van der Waals surface area contributed by atoms with Crippen molar-refractivity contribution in [3.63, 3.8) is 0 Å². The lowest BCUT2D eigenvalue weighted by Gasteiger charge is -2.26. The summed E-state index contributed by atoms with van der Waals surface area (Å²) >= 11 is 0. The molecular weight excluding hydrogens is 276 g/mol. The van der Waals surface area contributed by atoms with Gasteiger partial charge in [0.15, 0.2) is 0 Å². The molecule has 0 spiro atoms. The molecule has 0 unspecified atom stereocenters. The van der Waals surface area contributed by atoms with E-state index in [2.05, 4.69) is 28.1 Å². The molecule has 1 fully saturated rings. The fourth-order valence-electron chi connectivity index (χ4n) is 3.72. The Kier molecular flexibility index (Phi) is 3.72. The Balaban J connectivity index is 1.70. The van der Waals surface area contributed by atoms with Gasteiger partial charge in [-0.05, 0) is 42.9 Å². The van der Waals surface area contributed by atoms with E-state index >= 15 is 0 Å². The SMILES string of the molecule is O=c1[nH]c2cc(CN3CCOCC3)ccc2c2c1CCCC2. The number of H-pyrrole nitrogens is 1.